The number of para-hydroxylation sites is 3. The van der Waals surface area contributed by atoms with E-state index in [1.807, 2.05) is 48.5 Å². The predicted molar refractivity (Wildman–Crippen MR) is 104 cm³/mol. The van der Waals surface area contributed by atoms with Gasteiger partial charge >= 0.3 is 0 Å². The maximum absolute atomic E-state index is 10.2. The van der Waals surface area contributed by atoms with Gasteiger partial charge in [-0.3, -0.25) is 4.90 Å². The minimum Gasteiger partial charge on any atom is -0.495 e. The zero-order chi connectivity index (χ0) is 18.2. The van der Waals surface area contributed by atoms with Crippen LogP contribution in [0.25, 0.3) is 0 Å². The van der Waals surface area contributed by atoms with E-state index in [1.165, 1.54) is 0 Å². The summed E-state index contributed by atoms with van der Waals surface area (Å²) in [7, 11) is 1.72. The molecule has 0 amide bonds. The van der Waals surface area contributed by atoms with Crippen LogP contribution < -0.4 is 14.4 Å². The van der Waals surface area contributed by atoms with Gasteiger partial charge in [-0.2, -0.15) is 0 Å². The second kappa shape index (κ2) is 9.46. The minimum absolute atomic E-state index is 0.338. The summed E-state index contributed by atoms with van der Waals surface area (Å²) in [4.78, 5) is 4.77. The number of aliphatic hydroxyl groups is 1. The Morgan fingerprint density at radius 3 is 2.38 bits per heavy atom. The summed E-state index contributed by atoms with van der Waals surface area (Å²) in [5.74, 6) is 1.73. The van der Waals surface area contributed by atoms with Crippen LogP contribution in [-0.2, 0) is 0 Å². The first kappa shape index (κ1) is 18.5. The second-order valence-corrected chi connectivity index (χ2v) is 6.57. The third kappa shape index (κ3) is 5.13. The topological polar surface area (TPSA) is 45.2 Å². The summed E-state index contributed by atoms with van der Waals surface area (Å²) in [5.41, 5.74) is 1.16. The molecule has 0 radical (unpaired) electrons. The van der Waals surface area contributed by atoms with Gasteiger partial charge in [0.15, 0.2) is 0 Å². The molecule has 1 aliphatic rings. The number of hydrogen-bond donors (Lipinski definition) is 1. The van der Waals surface area contributed by atoms with Gasteiger partial charge in [0, 0.05) is 32.7 Å². The zero-order valence-electron chi connectivity index (χ0n) is 15.4. The summed E-state index contributed by atoms with van der Waals surface area (Å²) in [6, 6.07) is 17.8. The highest BCUT2D eigenvalue weighted by atomic mass is 16.5. The quantitative estimate of drug-likeness (QED) is 0.788. The molecule has 26 heavy (non-hydrogen) atoms. The van der Waals surface area contributed by atoms with E-state index in [0.29, 0.717) is 6.61 Å². The first-order valence-electron chi connectivity index (χ1n) is 9.22. The Bertz CT molecular complexity index is 657. The van der Waals surface area contributed by atoms with Crippen molar-refractivity contribution in [3.8, 4) is 11.5 Å². The molecular weight excluding hydrogens is 328 g/mol. The van der Waals surface area contributed by atoms with Crippen molar-refractivity contribution in [1.82, 2.24) is 4.90 Å². The summed E-state index contributed by atoms with van der Waals surface area (Å²) in [6.07, 6.45) is 0.282. The van der Waals surface area contributed by atoms with Crippen molar-refractivity contribution in [1.29, 1.82) is 0 Å². The smallest absolute Gasteiger partial charge is 0.142 e. The third-order valence-corrected chi connectivity index (χ3v) is 4.76. The van der Waals surface area contributed by atoms with E-state index in [0.717, 1.165) is 56.3 Å². The summed E-state index contributed by atoms with van der Waals surface area (Å²) in [6.45, 7) is 5.15. The highest BCUT2D eigenvalue weighted by molar-refractivity contribution is 5.58. The van der Waals surface area contributed by atoms with Crippen LogP contribution in [0.1, 0.15) is 6.42 Å². The van der Waals surface area contributed by atoms with Crippen LogP contribution in [0.2, 0.25) is 0 Å². The SMILES string of the molecule is COc1ccccc1N1CCN(CCC(O)COc2ccccc2)CC1. The summed E-state index contributed by atoms with van der Waals surface area (Å²) >= 11 is 0. The second-order valence-electron chi connectivity index (χ2n) is 6.57. The molecule has 140 valence electrons. The lowest BCUT2D eigenvalue weighted by atomic mass is 10.2. The maximum Gasteiger partial charge on any atom is 0.142 e. The fraction of sp³-hybridized carbons (Fsp3) is 0.429. The molecular formula is C21H28N2O3. The molecule has 2 aromatic rings. The number of ether oxygens (including phenoxy) is 2. The number of nitrogens with zero attached hydrogens (tertiary/aromatic N) is 2. The van der Waals surface area contributed by atoms with Crippen molar-refractivity contribution in [2.75, 3.05) is 51.3 Å². The highest BCUT2D eigenvalue weighted by Crippen LogP contribution is 2.28. The molecule has 0 spiro atoms. The van der Waals surface area contributed by atoms with E-state index in [1.54, 1.807) is 7.11 Å². The number of hydrogen-bond acceptors (Lipinski definition) is 5. The molecule has 3 rings (SSSR count). The monoisotopic (exact) mass is 356 g/mol. The van der Waals surface area contributed by atoms with Crippen molar-refractivity contribution in [2.24, 2.45) is 0 Å². The molecule has 0 aromatic heterocycles. The molecule has 5 nitrogen and oxygen atoms in total. The number of benzene rings is 2. The largest absolute Gasteiger partial charge is 0.495 e. The zero-order valence-corrected chi connectivity index (χ0v) is 15.4. The van der Waals surface area contributed by atoms with Crippen molar-refractivity contribution < 1.29 is 14.6 Å². The third-order valence-electron chi connectivity index (χ3n) is 4.76. The van der Waals surface area contributed by atoms with Crippen LogP contribution in [0.5, 0.6) is 11.5 Å². The molecule has 1 aliphatic heterocycles. The van der Waals surface area contributed by atoms with Gasteiger partial charge in [-0.1, -0.05) is 30.3 Å². The number of anilines is 1. The molecule has 1 atom stereocenters. The first-order chi connectivity index (χ1) is 12.8. The molecule has 0 aliphatic carbocycles. The van der Waals surface area contributed by atoms with Crippen molar-refractivity contribution in [3.63, 3.8) is 0 Å². The Morgan fingerprint density at radius 1 is 0.962 bits per heavy atom. The van der Waals surface area contributed by atoms with Crippen LogP contribution in [0.15, 0.2) is 54.6 Å². The Morgan fingerprint density at radius 2 is 1.65 bits per heavy atom. The van der Waals surface area contributed by atoms with Crippen molar-refractivity contribution >= 4 is 5.69 Å². The standard InChI is InChI=1S/C21H28N2O3/c1-25-21-10-6-5-9-20(21)23-15-13-22(14-16-23)12-11-18(24)17-26-19-7-3-2-4-8-19/h2-10,18,24H,11-17H2,1H3. The van der Waals surface area contributed by atoms with E-state index in [4.69, 9.17) is 9.47 Å². The average molecular weight is 356 g/mol. The molecule has 5 heteroatoms. The average Bonchev–Trinajstić information content (AvgIpc) is 2.72. The lowest BCUT2D eigenvalue weighted by Gasteiger charge is -2.36. The van der Waals surface area contributed by atoms with E-state index < -0.39 is 6.10 Å². The molecule has 1 heterocycles. The number of piperazine rings is 1. The fourth-order valence-electron chi connectivity index (χ4n) is 3.23. The van der Waals surface area contributed by atoms with Gasteiger partial charge in [-0.15, -0.1) is 0 Å². The number of methoxy groups -OCH3 is 1. The molecule has 0 bridgehead atoms. The Balaban J connectivity index is 1.38. The van der Waals surface area contributed by atoms with E-state index in [9.17, 15) is 5.11 Å². The van der Waals surface area contributed by atoms with Crippen LogP contribution in [0, 0.1) is 0 Å². The fourth-order valence-corrected chi connectivity index (χ4v) is 3.23. The van der Waals surface area contributed by atoms with Crippen LogP contribution >= 0.6 is 0 Å². The summed E-state index contributed by atoms with van der Waals surface area (Å²) in [5, 5.41) is 10.2. The maximum atomic E-state index is 10.2. The Labute approximate surface area is 155 Å². The Hall–Kier alpha value is -2.24. The molecule has 1 N–H and O–H groups in total. The highest BCUT2D eigenvalue weighted by Gasteiger charge is 2.20. The molecule has 2 aromatic carbocycles. The number of aliphatic hydroxyl groups excluding tert-OH is 1. The van der Waals surface area contributed by atoms with Gasteiger partial charge in [-0.25, -0.2) is 0 Å². The van der Waals surface area contributed by atoms with Crippen LogP contribution in [-0.4, -0.2) is 62.6 Å². The lowest BCUT2D eigenvalue weighted by molar-refractivity contribution is 0.0866. The van der Waals surface area contributed by atoms with Crippen molar-refractivity contribution in [3.05, 3.63) is 54.6 Å². The van der Waals surface area contributed by atoms with E-state index in [-0.39, 0.29) is 0 Å². The summed E-state index contributed by atoms with van der Waals surface area (Å²) < 4.78 is 11.1. The first-order valence-corrected chi connectivity index (χ1v) is 9.22. The van der Waals surface area contributed by atoms with E-state index >= 15 is 0 Å². The lowest BCUT2D eigenvalue weighted by Crippen LogP contribution is -2.47. The molecule has 0 saturated carbocycles. The van der Waals surface area contributed by atoms with Gasteiger partial charge < -0.3 is 19.5 Å². The van der Waals surface area contributed by atoms with Gasteiger partial charge in [-0.05, 0) is 30.7 Å². The predicted octanol–water partition coefficient (Wildman–Crippen LogP) is 2.65. The normalized spacial score (nSPS) is 16.3. The number of rotatable bonds is 8. The van der Waals surface area contributed by atoms with Crippen LogP contribution in [0.4, 0.5) is 5.69 Å². The van der Waals surface area contributed by atoms with E-state index in [2.05, 4.69) is 15.9 Å². The van der Waals surface area contributed by atoms with Crippen molar-refractivity contribution in [2.45, 2.75) is 12.5 Å². The van der Waals surface area contributed by atoms with Crippen LogP contribution in [0.3, 0.4) is 0 Å². The molecule has 1 saturated heterocycles. The van der Waals surface area contributed by atoms with Gasteiger partial charge in [0.05, 0.1) is 18.9 Å². The van der Waals surface area contributed by atoms with Gasteiger partial charge in [0.1, 0.15) is 18.1 Å². The Kier molecular flexibility index (Phi) is 6.75. The van der Waals surface area contributed by atoms with Gasteiger partial charge in [0.25, 0.3) is 0 Å². The minimum atomic E-state index is -0.442. The molecule has 1 fully saturated rings. The van der Waals surface area contributed by atoms with Gasteiger partial charge in [0.2, 0.25) is 0 Å². The molecule has 1 unspecified atom stereocenters.